The molecule has 1 aromatic heterocycles. The lowest BCUT2D eigenvalue weighted by Gasteiger charge is -2.20. The van der Waals surface area contributed by atoms with Crippen molar-refractivity contribution in [3.63, 3.8) is 0 Å². The molecule has 1 unspecified atom stereocenters. The van der Waals surface area contributed by atoms with Crippen LogP contribution in [0.15, 0.2) is 4.52 Å². The van der Waals surface area contributed by atoms with Gasteiger partial charge in [-0.05, 0) is 18.8 Å². The maximum absolute atomic E-state index is 10.2. The van der Waals surface area contributed by atoms with Crippen molar-refractivity contribution < 1.29 is 14.1 Å². The minimum atomic E-state index is 0.203. The predicted octanol–water partition coefficient (Wildman–Crippen LogP) is 0.780. The van der Waals surface area contributed by atoms with Crippen molar-refractivity contribution in [2.24, 2.45) is 5.92 Å². The fraction of sp³-hybridized carbons (Fsp3) is 0.700. The van der Waals surface area contributed by atoms with Gasteiger partial charge in [-0.1, -0.05) is 5.16 Å². The van der Waals surface area contributed by atoms with E-state index in [1.807, 2.05) is 0 Å². The monoisotopic (exact) mass is 210 g/mol. The van der Waals surface area contributed by atoms with Gasteiger partial charge in [0.05, 0.1) is 6.42 Å². The maximum Gasteiger partial charge on any atom is 0.233 e. The molecule has 1 atom stereocenters. The quantitative estimate of drug-likeness (QED) is 0.687. The second-order valence-corrected chi connectivity index (χ2v) is 3.76. The lowest BCUT2D eigenvalue weighted by molar-refractivity contribution is -0.107. The second kappa shape index (κ2) is 5.02. The molecular weight excluding hydrogens is 196 g/mol. The molecule has 1 aromatic rings. The predicted molar refractivity (Wildman–Crippen MR) is 51.3 cm³/mol. The Labute approximate surface area is 87.8 Å². The number of carbonyl (C=O) groups is 1. The van der Waals surface area contributed by atoms with Gasteiger partial charge in [0.1, 0.15) is 6.29 Å². The highest BCUT2D eigenvalue weighted by Gasteiger charge is 2.17. The summed E-state index contributed by atoms with van der Waals surface area (Å²) in [6.07, 6.45) is 4.00. The van der Waals surface area contributed by atoms with Crippen LogP contribution in [0.25, 0.3) is 0 Å². The Morgan fingerprint density at radius 1 is 1.53 bits per heavy atom. The molecule has 0 radical (unpaired) electrons. The minimum Gasteiger partial charge on any atom is -0.381 e. The lowest BCUT2D eigenvalue weighted by atomic mass is 9.98. The second-order valence-electron chi connectivity index (χ2n) is 3.76. The summed E-state index contributed by atoms with van der Waals surface area (Å²) < 4.78 is 10.3. The number of carbonyl (C=O) groups excluding carboxylic acids is 1. The molecule has 0 bridgehead atoms. The molecule has 0 aliphatic carbocycles. The molecule has 0 N–H and O–H groups in total. The van der Waals surface area contributed by atoms with Gasteiger partial charge in [-0.25, -0.2) is 0 Å². The van der Waals surface area contributed by atoms with Crippen LogP contribution in [-0.2, 0) is 22.4 Å². The Balaban J connectivity index is 1.88. The van der Waals surface area contributed by atoms with Gasteiger partial charge in [-0.15, -0.1) is 0 Å². The standard InChI is InChI=1S/C10H14N2O3/c13-4-3-10-11-9(12-15-10)6-8-2-1-5-14-7-8/h4,8H,1-3,5-7H2. The molecule has 82 valence electrons. The van der Waals surface area contributed by atoms with Crippen LogP contribution in [0.4, 0.5) is 0 Å². The van der Waals surface area contributed by atoms with Crippen molar-refractivity contribution in [2.75, 3.05) is 13.2 Å². The molecule has 0 spiro atoms. The van der Waals surface area contributed by atoms with Gasteiger partial charge in [0.25, 0.3) is 0 Å². The summed E-state index contributed by atoms with van der Waals surface area (Å²) in [5, 5.41) is 3.83. The maximum atomic E-state index is 10.2. The first kappa shape index (κ1) is 10.3. The highest BCUT2D eigenvalue weighted by Crippen LogP contribution is 2.17. The summed E-state index contributed by atoms with van der Waals surface area (Å²) in [7, 11) is 0. The highest BCUT2D eigenvalue weighted by atomic mass is 16.5. The number of nitrogens with zero attached hydrogens (tertiary/aromatic N) is 2. The average molecular weight is 210 g/mol. The molecule has 15 heavy (non-hydrogen) atoms. The van der Waals surface area contributed by atoms with Crippen LogP contribution in [-0.4, -0.2) is 29.6 Å². The number of rotatable bonds is 4. The molecule has 1 saturated heterocycles. The normalized spacial score (nSPS) is 21.5. The SMILES string of the molecule is O=CCc1nc(CC2CCCOC2)no1. The smallest absolute Gasteiger partial charge is 0.233 e. The van der Waals surface area contributed by atoms with E-state index in [-0.39, 0.29) is 6.42 Å². The van der Waals surface area contributed by atoms with E-state index >= 15 is 0 Å². The molecule has 1 aliphatic heterocycles. The third kappa shape index (κ3) is 2.86. The fourth-order valence-electron chi connectivity index (χ4n) is 1.75. The number of aldehydes is 1. The summed E-state index contributed by atoms with van der Waals surface area (Å²) >= 11 is 0. The molecule has 0 aromatic carbocycles. The van der Waals surface area contributed by atoms with E-state index in [0.717, 1.165) is 38.8 Å². The molecule has 2 rings (SSSR count). The molecule has 1 fully saturated rings. The summed E-state index contributed by atoms with van der Waals surface area (Å²) in [5.41, 5.74) is 0. The molecule has 0 saturated carbocycles. The van der Waals surface area contributed by atoms with Gasteiger partial charge in [-0.2, -0.15) is 4.98 Å². The third-order valence-electron chi connectivity index (χ3n) is 2.49. The number of ether oxygens (including phenoxy) is 1. The van der Waals surface area contributed by atoms with Gasteiger partial charge >= 0.3 is 0 Å². The number of hydrogen-bond acceptors (Lipinski definition) is 5. The van der Waals surface area contributed by atoms with Gasteiger partial charge in [0.2, 0.25) is 5.89 Å². The largest absolute Gasteiger partial charge is 0.381 e. The van der Waals surface area contributed by atoms with Crippen LogP contribution in [0.5, 0.6) is 0 Å². The van der Waals surface area contributed by atoms with Crippen molar-refractivity contribution in [3.05, 3.63) is 11.7 Å². The number of aromatic nitrogens is 2. The Morgan fingerprint density at radius 3 is 3.20 bits per heavy atom. The summed E-state index contributed by atoms with van der Waals surface area (Å²) in [5.74, 6) is 1.57. The van der Waals surface area contributed by atoms with Crippen LogP contribution >= 0.6 is 0 Å². The van der Waals surface area contributed by atoms with E-state index in [4.69, 9.17) is 9.26 Å². The van der Waals surface area contributed by atoms with Crippen molar-refractivity contribution in [2.45, 2.75) is 25.7 Å². The van der Waals surface area contributed by atoms with Crippen LogP contribution in [0.3, 0.4) is 0 Å². The van der Waals surface area contributed by atoms with E-state index in [9.17, 15) is 4.79 Å². The molecule has 5 nitrogen and oxygen atoms in total. The Hall–Kier alpha value is -1.23. The van der Waals surface area contributed by atoms with Gasteiger partial charge in [0, 0.05) is 19.6 Å². The van der Waals surface area contributed by atoms with Crippen LogP contribution in [0, 0.1) is 5.92 Å². The highest BCUT2D eigenvalue weighted by molar-refractivity contribution is 5.52. The van der Waals surface area contributed by atoms with Gasteiger partial charge in [0.15, 0.2) is 5.82 Å². The molecule has 2 heterocycles. The first-order chi connectivity index (χ1) is 7.38. The van der Waals surface area contributed by atoms with Crippen LogP contribution in [0.1, 0.15) is 24.6 Å². The van der Waals surface area contributed by atoms with Gasteiger partial charge < -0.3 is 14.1 Å². The van der Waals surface area contributed by atoms with E-state index in [1.54, 1.807) is 0 Å². The summed E-state index contributed by atoms with van der Waals surface area (Å²) in [6.45, 7) is 1.64. The Morgan fingerprint density at radius 2 is 2.47 bits per heavy atom. The van der Waals surface area contributed by atoms with E-state index in [1.165, 1.54) is 0 Å². The van der Waals surface area contributed by atoms with E-state index < -0.39 is 0 Å². The topological polar surface area (TPSA) is 65.2 Å². The van der Waals surface area contributed by atoms with E-state index in [0.29, 0.717) is 17.6 Å². The van der Waals surface area contributed by atoms with Crippen molar-refractivity contribution in [3.8, 4) is 0 Å². The van der Waals surface area contributed by atoms with Crippen molar-refractivity contribution in [1.29, 1.82) is 0 Å². The third-order valence-corrected chi connectivity index (χ3v) is 2.49. The first-order valence-electron chi connectivity index (χ1n) is 5.21. The van der Waals surface area contributed by atoms with E-state index in [2.05, 4.69) is 10.1 Å². The molecule has 1 aliphatic rings. The summed E-state index contributed by atoms with van der Waals surface area (Å²) in [4.78, 5) is 14.4. The Kier molecular flexibility index (Phi) is 3.45. The van der Waals surface area contributed by atoms with Crippen molar-refractivity contribution >= 4 is 6.29 Å². The average Bonchev–Trinajstić information content (AvgIpc) is 2.68. The zero-order chi connectivity index (χ0) is 10.5. The first-order valence-corrected chi connectivity index (χ1v) is 5.21. The Bertz CT molecular complexity index is 318. The molecule has 0 amide bonds. The van der Waals surface area contributed by atoms with Crippen LogP contribution < -0.4 is 0 Å². The fourth-order valence-corrected chi connectivity index (χ4v) is 1.75. The molecule has 5 heteroatoms. The zero-order valence-corrected chi connectivity index (χ0v) is 8.52. The zero-order valence-electron chi connectivity index (χ0n) is 8.52. The summed E-state index contributed by atoms with van der Waals surface area (Å²) in [6, 6.07) is 0. The lowest BCUT2D eigenvalue weighted by Crippen LogP contribution is -2.19. The number of hydrogen-bond donors (Lipinski definition) is 0. The van der Waals surface area contributed by atoms with Crippen molar-refractivity contribution in [1.82, 2.24) is 10.1 Å². The minimum absolute atomic E-state index is 0.203. The van der Waals surface area contributed by atoms with Gasteiger partial charge in [-0.3, -0.25) is 0 Å². The van der Waals surface area contributed by atoms with Crippen LogP contribution in [0.2, 0.25) is 0 Å². The molecular formula is C10H14N2O3.